The van der Waals surface area contributed by atoms with Gasteiger partial charge in [-0.25, -0.2) is 0 Å². The highest BCUT2D eigenvalue weighted by molar-refractivity contribution is 7.16. The van der Waals surface area contributed by atoms with Crippen molar-refractivity contribution in [1.29, 1.82) is 5.26 Å². The molecule has 1 aromatic rings. The average molecular weight is 263 g/mol. The Morgan fingerprint density at radius 1 is 1.61 bits per heavy atom. The normalized spacial score (nSPS) is 16.8. The van der Waals surface area contributed by atoms with Gasteiger partial charge in [-0.3, -0.25) is 4.79 Å². The number of nitrogens with two attached hydrogens (primary N) is 1. The van der Waals surface area contributed by atoms with E-state index < -0.39 is 5.54 Å². The fraction of sp³-hybridized carbons (Fsp3) is 0.538. The van der Waals surface area contributed by atoms with Gasteiger partial charge in [-0.05, 0) is 38.2 Å². The number of amides is 1. The van der Waals surface area contributed by atoms with Crippen molar-refractivity contribution in [3.05, 3.63) is 16.0 Å². The molecule has 1 heterocycles. The molecular weight excluding hydrogens is 246 g/mol. The van der Waals surface area contributed by atoms with Gasteiger partial charge in [0, 0.05) is 4.88 Å². The zero-order valence-electron chi connectivity index (χ0n) is 10.7. The molecule has 96 valence electrons. The van der Waals surface area contributed by atoms with E-state index in [2.05, 4.69) is 11.4 Å². The first kappa shape index (κ1) is 13.1. The van der Waals surface area contributed by atoms with Gasteiger partial charge in [-0.1, -0.05) is 6.92 Å². The van der Waals surface area contributed by atoms with Gasteiger partial charge < -0.3 is 11.1 Å². The van der Waals surface area contributed by atoms with Gasteiger partial charge in [0.05, 0.1) is 11.1 Å². The molecule has 1 aliphatic rings. The SMILES string of the molecule is CCC(C)(N)C(=O)Nc1sc2c(c1C#N)CCC2. The highest BCUT2D eigenvalue weighted by Crippen LogP contribution is 2.38. The summed E-state index contributed by atoms with van der Waals surface area (Å²) in [6.07, 6.45) is 3.62. The molecular formula is C13H17N3OS. The molecule has 0 saturated carbocycles. The molecule has 0 fully saturated rings. The van der Waals surface area contributed by atoms with Crippen LogP contribution in [0.3, 0.4) is 0 Å². The van der Waals surface area contributed by atoms with Gasteiger partial charge in [0.15, 0.2) is 0 Å². The van der Waals surface area contributed by atoms with Crippen molar-refractivity contribution in [3.8, 4) is 6.07 Å². The molecule has 3 N–H and O–H groups in total. The van der Waals surface area contributed by atoms with Gasteiger partial charge in [0.25, 0.3) is 0 Å². The Hall–Kier alpha value is -1.38. The zero-order valence-corrected chi connectivity index (χ0v) is 11.5. The molecule has 2 rings (SSSR count). The van der Waals surface area contributed by atoms with Gasteiger partial charge in [-0.2, -0.15) is 5.26 Å². The number of hydrogen-bond donors (Lipinski definition) is 2. The number of nitrogens with zero attached hydrogens (tertiary/aromatic N) is 1. The minimum atomic E-state index is -0.888. The van der Waals surface area contributed by atoms with Gasteiger partial charge in [-0.15, -0.1) is 11.3 Å². The molecule has 1 aliphatic carbocycles. The van der Waals surface area contributed by atoms with E-state index in [0.29, 0.717) is 17.0 Å². The summed E-state index contributed by atoms with van der Waals surface area (Å²) >= 11 is 1.52. The second-order valence-corrected chi connectivity index (χ2v) is 6.00. The molecule has 18 heavy (non-hydrogen) atoms. The Morgan fingerprint density at radius 3 is 2.94 bits per heavy atom. The van der Waals surface area contributed by atoms with Crippen LogP contribution in [0, 0.1) is 11.3 Å². The van der Waals surface area contributed by atoms with E-state index in [0.717, 1.165) is 24.8 Å². The van der Waals surface area contributed by atoms with Gasteiger partial charge >= 0.3 is 0 Å². The summed E-state index contributed by atoms with van der Waals surface area (Å²) in [5.41, 5.74) is 6.76. The van der Waals surface area contributed by atoms with Crippen LogP contribution in [-0.4, -0.2) is 11.4 Å². The highest BCUT2D eigenvalue weighted by Gasteiger charge is 2.29. The maximum atomic E-state index is 12.0. The third-order valence-corrected chi connectivity index (χ3v) is 4.72. The third kappa shape index (κ3) is 2.14. The van der Waals surface area contributed by atoms with Gasteiger partial charge in [0.1, 0.15) is 11.1 Å². The lowest BCUT2D eigenvalue weighted by Gasteiger charge is -2.21. The molecule has 1 unspecified atom stereocenters. The molecule has 1 amide bonds. The van der Waals surface area contributed by atoms with Crippen LogP contribution in [0.4, 0.5) is 5.00 Å². The Bertz CT molecular complexity index is 525. The number of carbonyl (C=O) groups excluding carboxylic acids is 1. The first-order chi connectivity index (χ1) is 8.49. The minimum Gasteiger partial charge on any atom is -0.318 e. The van der Waals surface area contributed by atoms with E-state index in [1.807, 2.05) is 6.92 Å². The largest absolute Gasteiger partial charge is 0.318 e. The van der Waals surface area contributed by atoms with Crippen LogP contribution in [0.2, 0.25) is 0 Å². The molecule has 0 saturated heterocycles. The van der Waals surface area contributed by atoms with Crippen LogP contribution in [-0.2, 0) is 17.6 Å². The molecule has 1 aromatic heterocycles. The van der Waals surface area contributed by atoms with Crippen LogP contribution in [0.5, 0.6) is 0 Å². The first-order valence-electron chi connectivity index (χ1n) is 6.14. The predicted molar refractivity (Wildman–Crippen MR) is 72.6 cm³/mol. The number of thiophene rings is 1. The van der Waals surface area contributed by atoms with Crippen molar-refractivity contribution >= 4 is 22.2 Å². The number of fused-ring (bicyclic) bond motifs is 1. The molecule has 0 aliphatic heterocycles. The summed E-state index contributed by atoms with van der Waals surface area (Å²) in [6.45, 7) is 3.58. The fourth-order valence-corrected chi connectivity index (χ4v) is 3.25. The third-order valence-electron chi connectivity index (χ3n) is 3.51. The van der Waals surface area contributed by atoms with E-state index in [-0.39, 0.29) is 5.91 Å². The molecule has 1 atom stereocenters. The fourth-order valence-electron chi connectivity index (χ4n) is 2.02. The maximum Gasteiger partial charge on any atom is 0.244 e. The maximum absolute atomic E-state index is 12.0. The highest BCUT2D eigenvalue weighted by atomic mass is 32.1. The molecule has 0 spiro atoms. The molecule has 0 bridgehead atoms. The second-order valence-electron chi connectivity index (χ2n) is 4.90. The lowest BCUT2D eigenvalue weighted by Crippen LogP contribution is -2.47. The number of nitrogens with one attached hydrogen (secondary N) is 1. The molecule has 0 radical (unpaired) electrons. The number of rotatable bonds is 3. The Kier molecular flexibility index (Phi) is 3.42. The minimum absolute atomic E-state index is 0.221. The first-order valence-corrected chi connectivity index (χ1v) is 6.96. The van der Waals surface area contributed by atoms with E-state index in [9.17, 15) is 10.1 Å². The van der Waals surface area contributed by atoms with Crippen molar-refractivity contribution < 1.29 is 4.79 Å². The van der Waals surface area contributed by atoms with Crippen LogP contribution in [0.25, 0.3) is 0 Å². The summed E-state index contributed by atoms with van der Waals surface area (Å²) in [5.74, 6) is -0.221. The van der Waals surface area contributed by atoms with Crippen LogP contribution < -0.4 is 11.1 Å². The van der Waals surface area contributed by atoms with Crippen LogP contribution >= 0.6 is 11.3 Å². The quantitative estimate of drug-likeness (QED) is 0.877. The number of nitriles is 1. The second kappa shape index (κ2) is 4.71. The van der Waals surface area contributed by atoms with E-state index in [1.165, 1.54) is 16.2 Å². The van der Waals surface area contributed by atoms with Crippen LogP contribution in [0.15, 0.2) is 0 Å². The monoisotopic (exact) mass is 263 g/mol. The van der Waals surface area contributed by atoms with E-state index in [4.69, 9.17) is 5.73 Å². The average Bonchev–Trinajstić information content (AvgIpc) is 2.88. The summed E-state index contributed by atoms with van der Waals surface area (Å²) in [6, 6.07) is 2.21. The van der Waals surface area contributed by atoms with Crippen molar-refractivity contribution in [2.75, 3.05) is 5.32 Å². The predicted octanol–water partition coefficient (Wildman–Crippen LogP) is 2.17. The molecule has 4 nitrogen and oxygen atoms in total. The number of carbonyl (C=O) groups is 1. The molecule has 0 aromatic carbocycles. The van der Waals surface area contributed by atoms with Crippen molar-refractivity contribution in [1.82, 2.24) is 0 Å². The van der Waals surface area contributed by atoms with E-state index in [1.54, 1.807) is 6.92 Å². The number of hydrogen-bond acceptors (Lipinski definition) is 4. The number of aryl methyl sites for hydroxylation is 1. The van der Waals surface area contributed by atoms with Crippen molar-refractivity contribution in [3.63, 3.8) is 0 Å². The smallest absolute Gasteiger partial charge is 0.244 e. The lowest BCUT2D eigenvalue weighted by atomic mass is 9.99. The lowest BCUT2D eigenvalue weighted by molar-refractivity contribution is -0.120. The van der Waals surface area contributed by atoms with Crippen molar-refractivity contribution in [2.24, 2.45) is 5.73 Å². The number of anilines is 1. The van der Waals surface area contributed by atoms with Crippen molar-refractivity contribution in [2.45, 2.75) is 45.1 Å². The Morgan fingerprint density at radius 2 is 2.33 bits per heavy atom. The van der Waals surface area contributed by atoms with E-state index >= 15 is 0 Å². The Labute approximate surface area is 111 Å². The topological polar surface area (TPSA) is 78.9 Å². The molecule has 5 heteroatoms. The van der Waals surface area contributed by atoms with Crippen LogP contribution in [0.1, 0.15) is 42.7 Å². The summed E-state index contributed by atoms with van der Waals surface area (Å²) in [5, 5.41) is 12.7. The zero-order chi connectivity index (χ0) is 13.3. The standard InChI is InChI=1S/C13H17N3OS/c1-3-13(2,15)12(17)16-11-9(7-14)8-5-4-6-10(8)18-11/h3-6,15H2,1-2H3,(H,16,17). The summed E-state index contributed by atoms with van der Waals surface area (Å²) in [4.78, 5) is 13.3. The summed E-state index contributed by atoms with van der Waals surface area (Å²) < 4.78 is 0. The summed E-state index contributed by atoms with van der Waals surface area (Å²) in [7, 11) is 0. The Balaban J connectivity index is 2.26. The van der Waals surface area contributed by atoms with Gasteiger partial charge in [0.2, 0.25) is 5.91 Å².